The van der Waals surface area contributed by atoms with Crippen molar-refractivity contribution in [2.24, 2.45) is 5.84 Å². The van der Waals surface area contributed by atoms with Gasteiger partial charge in [-0.15, -0.1) is 0 Å². The number of nitrogens with one attached hydrogen (secondary N) is 1. The van der Waals surface area contributed by atoms with Crippen molar-refractivity contribution < 1.29 is 4.39 Å². The van der Waals surface area contributed by atoms with Gasteiger partial charge in [0, 0.05) is 11.2 Å². The minimum absolute atomic E-state index is 0.222. The number of benzene rings is 1. The Kier molecular flexibility index (Phi) is 4.71. The van der Waals surface area contributed by atoms with Crippen LogP contribution in [-0.4, -0.2) is 4.98 Å². The van der Waals surface area contributed by atoms with Crippen LogP contribution in [-0.2, 0) is 6.42 Å². The van der Waals surface area contributed by atoms with Crippen LogP contribution in [0.2, 0.25) is 10.0 Å². The van der Waals surface area contributed by atoms with Gasteiger partial charge in [-0.05, 0) is 36.2 Å². The fourth-order valence-corrected chi connectivity index (χ4v) is 2.11. The standard InChI is InChI=1S/C13H12Cl2FN3/c14-9-2-4-12(18-7-9)13(19-17)5-8-1-3-10(16)6-11(8)15/h1-4,6-7,13,19H,5,17H2. The van der Waals surface area contributed by atoms with E-state index in [4.69, 9.17) is 29.0 Å². The quantitative estimate of drug-likeness (QED) is 0.673. The first kappa shape index (κ1) is 14.2. The van der Waals surface area contributed by atoms with Gasteiger partial charge in [-0.1, -0.05) is 29.3 Å². The number of nitrogens with zero attached hydrogens (tertiary/aromatic N) is 1. The number of hydrazine groups is 1. The zero-order chi connectivity index (χ0) is 13.8. The minimum atomic E-state index is -0.365. The Hall–Kier alpha value is -1.20. The van der Waals surface area contributed by atoms with Crippen LogP contribution in [0, 0.1) is 5.82 Å². The summed E-state index contributed by atoms with van der Waals surface area (Å²) in [5.41, 5.74) is 4.21. The minimum Gasteiger partial charge on any atom is -0.271 e. The summed E-state index contributed by atoms with van der Waals surface area (Å²) in [4.78, 5) is 4.20. The average Bonchev–Trinajstić information content (AvgIpc) is 2.39. The lowest BCUT2D eigenvalue weighted by Crippen LogP contribution is -2.30. The van der Waals surface area contributed by atoms with E-state index in [2.05, 4.69) is 10.4 Å². The van der Waals surface area contributed by atoms with Gasteiger partial charge in [0.1, 0.15) is 5.82 Å². The van der Waals surface area contributed by atoms with E-state index in [0.717, 1.165) is 11.3 Å². The molecule has 0 fully saturated rings. The molecule has 0 aliphatic rings. The molecule has 1 aromatic heterocycles. The number of nitrogens with two attached hydrogens (primary N) is 1. The molecular weight excluding hydrogens is 288 g/mol. The van der Waals surface area contributed by atoms with Gasteiger partial charge in [0.15, 0.2) is 0 Å². The summed E-state index contributed by atoms with van der Waals surface area (Å²) in [6.45, 7) is 0. The molecule has 1 atom stereocenters. The fraction of sp³-hybridized carbons (Fsp3) is 0.154. The molecule has 1 unspecified atom stereocenters. The molecule has 6 heteroatoms. The topological polar surface area (TPSA) is 50.9 Å². The summed E-state index contributed by atoms with van der Waals surface area (Å²) >= 11 is 11.8. The average molecular weight is 300 g/mol. The molecule has 0 saturated carbocycles. The van der Waals surface area contributed by atoms with Crippen LogP contribution in [0.25, 0.3) is 0 Å². The number of rotatable bonds is 4. The van der Waals surface area contributed by atoms with E-state index >= 15 is 0 Å². The Balaban J connectivity index is 2.21. The van der Waals surface area contributed by atoms with E-state index in [1.54, 1.807) is 24.4 Å². The van der Waals surface area contributed by atoms with Gasteiger partial charge < -0.3 is 0 Å². The summed E-state index contributed by atoms with van der Waals surface area (Å²) < 4.78 is 13.0. The smallest absolute Gasteiger partial charge is 0.124 e. The summed E-state index contributed by atoms with van der Waals surface area (Å²) in [6.07, 6.45) is 2.05. The van der Waals surface area contributed by atoms with Crippen molar-refractivity contribution >= 4 is 23.2 Å². The lowest BCUT2D eigenvalue weighted by atomic mass is 10.0. The number of halogens is 3. The predicted octanol–water partition coefficient (Wildman–Crippen LogP) is 3.27. The van der Waals surface area contributed by atoms with E-state index in [9.17, 15) is 4.39 Å². The molecule has 0 spiro atoms. The Morgan fingerprint density at radius 3 is 2.63 bits per heavy atom. The molecule has 100 valence electrons. The summed E-state index contributed by atoms with van der Waals surface area (Å²) in [6, 6.07) is 7.58. The van der Waals surface area contributed by atoms with Crippen LogP contribution < -0.4 is 11.3 Å². The van der Waals surface area contributed by atoms with Crippen molar-refractivity contribution in [3.05, 3.63) is 63.6 Å². The molecule has 1 heterocycles. The molecule has 2 rings (SSSR count). The zero-order valence-corrected chi connectivity index (χ0v) is 11.4. The molecule has 1 aromatic carbocycles. The van der Waals surface area contributed by atoms with Crippen LogP contribution in [0.5, 0.6) is 0 Å². The number of aromatic nitrogens is 1. The van der Waals surface area contributed by atoms with E-state index in [1.807, 2.05) is 0 Å². The molecule has 3 nitrogen and oxygen atoms in total. The molecule has 2 aromatic rings. The Morgan fingerprint density at radius 1 is 1.26 bits per heavy atom. The molecule has 0 radical (unpaired) electrons. The predicted molar refractivity (Wildman–Crippen MR) is 74.4 cm³/mol. The van der Waals surface area contributed by atoms with Crippen molar-refractivity contribution in [3.8, 4) is 0 Å². The van der Waals surface area contributed by atoms with Gasteiger partial charge in [0.05, 0.1) is 16.8 Å². The Bertz CT molecular complexity index is 560. The van der Waals surface area contributed by atoms with E-state index in [0.29, 0.717) is 16.5 Å². The third kappa shape index (κ3) is 3.64. The van der Waals surface area contributed by atoms with Crippen LogP contribution in [0.15, 0.2) is 36.5 Å². The molecule has 0 amide bonds. The second-order valence-corrected chi connectivity index (χ2v) is 4.90. The lowest BCUT2D eigenvalue weighted by Gasteiger charge is -2.16. The van der Waals surface area contributed by atoms with E-state index in [-0.39, 0.29) is 11.9 Å². The third-order valence-corrected chi connectivity index (χ3v) is 3.32. The summed E-state index contributed by atoms with van der Waals surface area (Å²) in [7, 11) is 0. The summed E-state index contributed by atoms with van der Waals surface area (Å²) in [5, 5.41) is 0.925. The molecular formula is C13H12Cl2FN3. The first-order valence-corrected chi connectivity index (χ1v) is 6.37. The maximum atomic E-state index is 13.0. The van der Waals surface area contributed by atoms with Crippen molar-refractivity contribution in [2.75, 3.05) is 0 Å². The molecule has 0 aliphatic heterocycles. The van der Waals surface area contributed by atoms with Crippen molar-refractivity contribution in [3.63, 3.8) is 0 Å². The summed E-state index contributed by atoms with van der Waals surface area (Å²) in [5.74, 6) is 5.17. The Labute approximate surface area is 120 Å². The first-order chi connectivity index (χ1) is 9.10. The maximum Gasteiger partial charge on any atom is 0.124 e. The van der Waals surface area contributed by atoms with Crippen LogP contribution in [0.1, 0.15) is 17.3 Å². The number of pyridine rings is 1. The van der Waals surface area contributed by atoms with Crippen LogP contribution >= 0.6 is 23.2 Å². The third-order valence-electron chi connectivity index (χ3n) is 2.75. The van der Waals surface area contributed by atoms with E-state index < -0.39 is 0 Å². The molecule has 19 heavy (non-hydrogen) atoms. The lowest BCUT2D eigenvalue weighted by molar-refractivity contribution is 0.537. The van der Waals surface area contributed by atoms with Gasteiger partial charge in [-0.3, -0.25) is 16.3 Å². The first-order valence-electron chi connectivity index (χ1n) is 5.61. The van der Waals surface area contributed by atoms with E-state index in [1.165, 1.54) is 12.1 Å². The SMILES string of the molecule is NNC(Cc1ccc(F)cc1Cl)c1ccc(Cl)cn1. The van der Waals surface area contributed by atoms with Gasteiger partial charge >= 0.3 is 0 Å². The maximum absolute atomic E-state index is 13.0. The Morgan fingerprint density at radius 2 is 2.05 bits per heavy atom. The zero-order valence-electron chi connectivity index (χ0n) is 9.91. The second-order valence-electron chi connectivity index (χ2n) is 4.06. The second kappa shape index (κ2) is 6.30. The molecule has 0 aliphatic carbocycles. The van der Waals surface area contributed by atoms with Crippen molar-refractivity contribution in [1.82, 2.24) is 10.4 Å². The largest absolute Gasteiger partial charge is 0.271 e. The van der Waals surface area contributed by atoms with Gasteiger partial charge in [0.2, 0.25) is 0 Å². The number of hydrogen-bond donors (Lipinski definition) is 2. The highest BCUT2D eigenvalue weighted by Crippen LogP contribution is 2.23. The highest BCUT2D eigenvalue weighted by molar-refractivity contribution is 6.31. The van der Waals surface area contributed by atoms with Crippen LogP contribution in [0.4, 0.5) is 4.39 Å². The van der Waals surface area contributed by atoms with Gasteiger partial charge in [0.25, 0.3) is 0 Å². The molecule has 0 bridgehead atoms. The van der Waals surface area contributed by atoms with Crippen molar-refractivity contribution in [2.45, 2.75) is 12.5 Å². The highest BCUT2D eigenvalue weighted by Gasteiger charge is 2.14. The molecule has 0 saturated heterocycles. The number of hydrogen-bond acceptors (Lipinski definition) is 3. The van der Waals surface area contributed by atoms with Gasteiger partial charge in [-0.2, -0.15) is 0 Å². The normalized spacial score (nSPS) is 12.4. The fourth-order valence-electron chi connectivity index (χ4n) is 1.75. The molecule has 3 N–H and O–H groups in total. The highest BCUT2D eigenvalue weighted by atomic mass is 35.5. The van der Waals surface area contributed by atoms with Crippen molar-refractivity contribution in [1.29, 1.82) is 0 Å². The monoisotopic (exact) mass is 299 g/mol. The van der Waals surface area contributed by atoms with Crippen LogP contribution in [0.3, 0.4) is 0 Å². The van der Waals surface area contributed by atoms with Gasteiger partial charge in [-0.25, -0.2) is 4.39 Å².